The van der Waals surface area contributed by atoms with Gasteiger partial charge in [-0.1, -0.05) is 26.0 Å². The van der Waals surface area contributed by atoms with Crippen molar-refractivity contribution in [3.05, 3.63) is 53.6 Å². The summed E-state index contributed by atoms with van der Waals surface area (Å²) in [4.78, 5) is 30.9. The Balaban J connectivity index is 1.76. The molecule has 2 heterocycles. The fourth-order valence-corrected chi connectivity index (χ4v) is 5.87. The Morgan fingerprint density at radius 2 is 1.76 bits per heavy atom. The molecule has 4 rings (SSSR count). The van der Waals surface area contributed by atoms with E-state index in [0.717, 1.165) is 19.5 Å². The molecule has 2 aromatic rings. The number of fused-ring (bicyclic) bond motifs is 2. The zero-order chi connectivity index (χ0) is 20.7. The zero-order valence-electron chi connectivity index (χ0n) is 17.1. The van der Waals surface area contributed by atoms with Gasteiger partial charge < -0.3 is 9.80 Å². The highest BCUT2D eigenvalue weighted by Gasteiger charge is 2.32. The summed E-state index contributed by atoms with van der Waals surface area (Å²) in [6, 6.07) is 12.3. The molecule has 1 fully saturated rings. The third-order valence-corrected chi connectivity index (χ3v) is 7.23. The lowest BCUT2D eigenvalue weighted by atomic mass is 9.91. The summed E-state index contributed by atoms with van der Waals surface area (Å²) in [6.07, 6.45) is 1.13. The molecule has 0 spiro atoms. The molecule has 0 saturated carbocycles. The van der Waals surface area contributed by atoms with Gasteiger partial charge in [-0.15, -0.1) is 0 Å². The molecule has 0 unspecified atom stereocenters. The molecule has 0 N–H and O–H groups in total. The lowest BCUT2D eigenvalue weighted by molar-refractivity contribution is 0.0623. The predicted octanol–water partition coefficient (Wildman–Crippen LogP) is 3.95. The van der Waals surface area contributed by atoms with Gasteiger partial charge in [0.1, 0.15) is 0 Å². The summed E-state index contributed by atoms with van der Waals surface area (Å²) in [5.74, 6) is 0.737. The second-order valence-corrected chi connectivity index (χ2v) is 9.57. The van der Waals surface area contributed by atoms with E-state index >= 15 is 0 Å². The van der Waals surface area contributed by atoms with Gasteiger partial charge in [0.2, 0.25) is 0 Å². The zero-order valence-corrected chi connectivity index (χ0v) is 17.9. The Kier molecular flexibility index (Phi) is 5.30. The highest BCUT2D eigenvalue weighted by Crippen LogP contribution is 2.35. The first-order chi connectivity index (χ1) is 13.9. The van der Waals surface area contributed by atoms with E-state index < -0.39 is 10.8 Å². The number of anilines is 1. The van der Waals surface area contributed by atoms with Crippen molar-refractivity contribution >= 4 is 28.3 Å². The highest BCUT2D eigenvalue weighted by atomic mass is 32.2. The first kappa shape index (κ1) is 19.8. The van der Waals surface area contributed by atoms with E-state index in [1.807, 2.05) is 11.8 Å². The lowest BCUT2D eigenvalue weighted by Gasteiger charge is -2.35. The van der Waals surface area contributed by atoms with Crippen LogP contribution in [0.3, 0.4) is 0 Å². The fraction of sp³-hybridized carbons (Fsp3) is 0.391. The molecule has 5 nitrogen and oxygen atoms in total. The lowest BCUT2D eigenvalue weighted by Crippen LogP contribution is -2.42. The van der Waals surface area contributed by atoms with Gasteiger partial charge >= 0.3 is 0 Å². The van der Waals surface area contributed by atoms with E-state index in [1.165, 1.54) is 0 Å². The molecule has 0 radical (unpaired) electrons. The van der Waals surface area contributed by atoms with Gasteiger partial charge in [0, 0.05) is 25.2 Å². The number of likely N-dealkylation sites (tertiary alicyclic amines) is 1. The van der Waals surface area contributed by atoms with Crippen LogP contribution in [-0.2, 0) is 10.8 Å². The molecule has 152 valence electrons. The molecule has 2 aliphatic rings. The Hall–Kier alpha value is -2.47. The molecule has 2 amide bonds. The van der Waals surface area contributed by atoms with Crippen molar-refractivity contribution in [2.45, 2.75) is 37.0 Å². The van der Waals surface area contributed by atoms with Crippen LogP contribution in [0, 0.1) is 11.8 Å². The number of piperidine rings is 1. The number of hydrogen-bond acceptors (Lipinski definition) is 3. The van der Waals surface area contributed by atoms with Gasteiger partial charge in [-0.3, -0.25) is 9.59 Å². The van der Waals surface area contributed by atoms with E-state index in [1.54, 1.807) is 47.4 Å². The summed E-state index contributed by atoms with van der Waals surface area (Å²) in [6.45, 7) is 8.16. The number of carbonyl (C=O) groups excluding carboxylic acids is 2. The minimum Gasteiger partial charge on any atom is -0.338 e. The number of nitrogens with zero attached hydrogens (tertiary/aromatic N) is 2. The number of carbonyl (C=O) groups is 2. The van der Waals surface area contributed by atoms with Gasteiger partial charge in [0.15, 0.2) is 0 Å². The molecular formula is C23H26N2O3S. The van der Waals surface area contributed by atoms with E-state index in [-0.39, 0.29) is 11.8 Å². The summed E-state index contributed by atoms with van der Waals surface area (Å²) < 4.78 is 13.2. The van der Waals surface area contributed by atoms with E-state index in [4.69, 9.17) is 0 Å². The smallest absolute Gasteiger partial charge is 0.259 e. The number of benzene rings is 2. The first-order valence-electron chi connectivity index (χ1n) is 10.2. The van der Waals surface area contributed by atoms with E-state index in [9.17, 15) is 13.8 Å². The maximum Gasteiger partial charge on any atom is 0.259 e. The number of amides is 2. The minimum atomic E-state index is -1.48. The summed E-state index contributed by atoms with van der Waals surface area (Å²) in [5, 5.41) is 0. The molecule has 0 aromatic heterocycles. The van der Waals surface area contributed by atoms with Gasteiger partial charge in [-0.25, -0.2) is 4.21 Å². The summed E-state index contributed by atoms with van der Waals surface area (Å²) >= 11 is 0. The van der Waals surface area contributed by atoms with Crippen LogP contribution < -0.4 is 4.90 Å². The topological polar surface area (TPSA) is 57.7 Å². The van der Waals surface area contributed by atoms with Crippen LogP contribution in [0.15, 0.2) is 52.3 Å². The van der Waals surface area contributed by atoms with Crippen LogP contribution in [-0.4, -0.2) is 40.6 Å². The van der Waals surface area contributed by atoms with Crippen LogP contribution in [0.25, 0.3) is 0 Å². The van der Waals surface area contributed by atoms with Crippen molar-refractivity contribution in [3.63, 3.8) is 0 Å². The van der Waals surface area contributed by atoms with Gasteiger partial charge in [-0.05, 0) is 55.5 Å². The van der Waals surface area contributed by atoms with Crippen molar-refractivity contribution in [3.8, 4) is 0 Å². The van der Waals surface area contributed by atoms with Crippen LogP contribution in [0.1, 0.15) is 47.9 Å². The Labute approximate surface area is 174 Å². The van der Waals surface area contributed by atoms with Crippen LogP contribution >= 0.6 is 0 Å². The Morgan fingerprint density at radius 1 is 1.07 bits per heavy atom. The SMILES string of the molecule is CCN1C(=O)c2ccccc2[S@](=O)c2ccc(C(=O)N3C[C@H](C)C[C@H](C)C3)cc21. The minimum absolute atomic E-state index is 0.0257. The average molecular weight is 411 g/mol. The van der Waals surface area contributed by atoms with Gasteiger partial charge in [0.05, 0.1) is 31.8 Å². The van der Waals surface area contributed by atoms with Crippen molar-refractivity contribution in [2.75, 3.05) is 24.5 Å². The second kappa shape index (κ2) is 7.75. The number of rotatable bonds is 2. The van der Waals surface area contributed by atoms with Gasteiger partial charge in [-0.2, -0.15) is 0 Å². The fourth-order valence-electron chi connectivity index (χ4n) is 4.52. The van der Waals surface area contributed by atoms with E-state index in [0.29, 0.717) is 45.0 Å². The molecule has 0 bridgehead atoms. The second-order valence-electron chi connectivity index (χ2n) is 8.15. The van der Waals surface area contributed by atoms with Gasteiger partial charge in [0.25, 0.3) is 11.8 Å². The molecular weight excluding hydrogens is 384 g/mol. The standard InChI is InChI=1S/C23H26N2O3S/c1-4-25-19-12-17(22(26)24-13-15(2)11-16(3)14-24)9-10-21(19)29(28)20-8-6-5-7-18(20)23(25)27/h5-10,12,15-16H,4,11,13-14H2,1-3H3/t15-,16+,29-/m0/s1. The van der Waals surface area contributed by atoms with Crippen molar-refractivity contribution in [1.82, 2.24) is 4.90 Å². The maximum absolute atomic E-state index is 13.2. The quantitative estimate of drug-likeness (QED) is 0.753. The predicted molar refractivity (Wildman–Crippen MR) is 114 cm³/mol. The third kappa shape index (κ3) is 3.50. The molecule has 6 heteroatoms. The summed E-state index contributed by atoms with van der Waals surface area (Å²) in [5.41, 5.74) is 1.56. The molecule has 29 heavy (non-hydrogen) atoms. The normalized spacial score (nSPS) is 24.0. The Bertz CT molecular complexity index is 993. The largest absolute Gasteiger partial charge is 0.338 e. The summed E-state index contributed by atoms with van der Waals surface area (Å²) in [7, 11) is -1.48. The molecule has 2 aliphatic heterocycles. The molecule has 1 saturated heterocycles. The van der Waals surface area contributed by atoms with Crippen molar-refractivity contribution in [1.29, 1.82) is 0 Å². The van der Waals surface area contributed by atoms with Crippen molar-refractivity contribution in [2.24, 2.45) is 11.8 Å². The Morgan fingerprint density at radius 3 is 2.45 bits per heavy atom. The molecule has 3 atom stereocenters. The van der Waals surface area contributed by atoms with Crippen LogP contribution in [0.2, 0.25) is 0 Å². The molecule has 2 aromatic carbocycles. The van der Waals surface area contributed by atoms with Crippen molar-refractivity contribution < 1.29 is 13.8 Å². The third-order valence-electron chi connectivity index (χ3n) is 5.73. The maximum atomic E-state index is 13.2. The van der Waals surface area contributed by atoms with Crippen LogP contribution in [0.4, 0.5) is 5.69 Å². The monoisotopic (exact) mass is 410 g/mol. The van der Waals surface area contributed by atoms with Crippen LogP contribution in [0.5, 0.6) is 0 Å². The first-order valence-corrected chi connectivity index (χ1v) is 11.3. The average Bonchev–Trinajstić information content (AvgIpc) is 2.80. The molecule has 0 aliphatic carbocycles. The highest BCUT2D eigenvalue weighted by molar-refractivity contribution is 7.85. The number of hydrogen-bond donors (Lipinski definition) is 0. The van der Waals surface area contributed by atoms with E-state index in [2.05, 4.69) is 13.8 Å².